The maximum atomic E-state index is 10.6. The highest BCUT2D eigenvalue weighted by Crippen LogP contribution is 2.18. The Morgan fingerprint density at radius 2 is 2.06 bits per heavy atom. The Bertz CT molecular complexity index is 505. The van der Waals surface area contributed by atoms with E-state index in [9.17, 15) is 4.79 Å². The van der Waals surface area contributed by atoms with Gasteiger partial charge in [-0.15, -0.1) is 0 Å². The molecule has 88 valence electrons. The molecule has 0 saturated carbocycles. The average Bonchev–Trinajstić information content (AvgIpc) is 2.78. The second-order valence-corrected chi connectivity index (χ2v) is 3.99. The fourth-order valence-electron chi connectivity index (χ4n) is 1.69. The van der Waals surface area contributed by atoms with E-state index in [4.69, 9.17) is 5.11 Å². The minimum Gasteiger partial charge on any atom is -0.481 e. The number of aliphatic carboxylic acids is 1. The van der Waals surface area contributed by atoms with E-state index in [1.54, 1.807) is 4.68 Å². The van der Waals surface area contributed by atoms with Gasteiger partial charge in [-0.05, 0) is 13.0 Å². The Balaban J connectivity index is 2.19. The quantitative estimate of drug-likeness (QED) is 0.878. The van der Waals surface area contributed by atoms with Crippen molar-refractivity contribution in [3.8, 4) is 11.3 Å². The second-order valence-electron chi connectivity index (χ2n) is 3.99. The minimum absolute atomic E-state index is 0.0793. The second kappa shape index (κ2) is 4.82. The number of carbonyl (C=O) groups is 1. The predicted octanol–water partition coefficient (Wildman–Crippen LogP) is 2.59. The number of aromatic nitrogens is 2. The van der Waals surface area contributed by atoms with Crippen molar-refractivity contribution in [3.63, 3.8) is 0 Å². The molecule has 1 atom stereocenters. The third kappa shape index (κ3) is 2.72. The van der Waals surface area contributed by atoms with Crippen LogP contribution >= 0.6 is 0 Å². The van der Waals surface area contributed by atoms with E-state index >= 15 is 0 Å². The van der Waals surface area contributed by atoms with E-state index in [1.807, 2.05) is 49.5 Å². The summed E-state index contributed by atoms with van der Waals surface area (Å²) in [5.74, 6) is -0.811. The summed E-state index contributed by atoms with van der Waals surface area (Å²) in [5.41, 5.74) is 1.90. The molecule has 0 spiro atoms. The molecule has 17 heavy (non-hydrogen) atoms. The van der Waals surface area contributed by atoms with Gasteiger partial charge >= 0.3 is 5.97 Å². The normalized spacial score (nSPS) is 12.3. The van der Waals surface area contributed by atoms with Crippen molar-refractivity contribution in [2.24, 2.45) is 0 Å². The van der Waals surface area contributed by atoms with E-state index in [0.717, 1.165) is 11.3 Å². The molecule has 0 bridgehead atoms. The molecule has 0 aliphatic carbocycles. The lowest BCUT2D eigenvalue weighted by Gasteiger charge is -2.08. The van der Waals surface area contributed by atoms with Crippen molar-refractivity contribution in [1.82, 2.24) is 9.78 Å². The predicted molar refractivity (Wildman–Crippen MR) is 64.6 cm³/mol. The first-order chi connectivity index (χ1) is 8.16. The number of benzene rings is 1. The van der Waals surface area contributed by atoms with Crippen LogP contribution in [-0.2, 0) is 4.79 Å². The summed E-state index contributed by atoms with van der Waals surface area (Å²) in [5, 5.41) is 13.1. The summed E-state index contributed by atoms with van der Waals surface area (Å²) >= 11 is 0. The van der Waals surface area contributed by atoms with Gasteiger partial charge in [-0.1, -0.05) is 30.3 Å². The third-order valence-corrected chi connectivity index (χ3v) is 2.60. The zero-order valence-corrected chi connectivity index (χ0v) is 9.58. The van der Waals surface area contributed by atoms with Gasteiger partial charge in [0.15, 0.2) is 0 Å². The number of hydrogen-bond donors (Lipinski definition) is 1. The van der Waals surface area contributed by atoms with Gasteiger partial charge in [0.2, 0.25) is 0 Å². The molecule has 2 aromatic rings. The van der Waals surface area contributed by atoms with Gasteiger partial charge in [0.1, 0.15) is 0 Å². The van der Waals surface area contributed by atoms with E-state index in [-0.39, 0.29) is 12.5 Å². The molecule has 0 unspecified atom stereocenters. The van der Waals surface area contributed by atoms with E-state index in [1.165, 1.54) is 0 Å². The number of rotatable bonds is 4. The lowest BCUT2D eigenvalue weighted by atomic mass is 10.2. The first kappa shape index (κ1) is 11.4. The molecule has 1 heterocycles. The van der Waals surface area contributed by atoms with Crippen LogP contribution in [0.25, 0.3) is 11.3 Å². The molecule has 1 N–H and O–H groups in total. The maximum absolute atomic E-state index is 10.6. The molecule has 0 saturated heterocycles. The molecule has 0 aliphatic rings. The van der Waals surface area contributed by atoms with Gasteiger partial charge < -0.3 is 5.11 Å². The summed E-state index contributed by atoms with van der Waals surface area (Å²) in [6, 6.07) is 11.6. The molecule has 2 rings (SSSR count). The van der Waals surface area contributed by atoms with Crippen LogP contribution in [0.15, 0.2) is 42.6 Å². The molecular weight excluding hydrogens is 216 g/mol. The van der Waals surface area contributed by atoms with Crippen LogP contribution in [0, 0.1) is 0 Å². The van der Waals surface area contributed by atoms with Gasteiger partial charge in [0.05, 0.1) is 18.2 Å². The van der Waals surface area contributed by atoms with Gasteiger partial charge in [-0.25, -0.2) is 0 Å². The van der Waals surface area contributed by atoms with Crippen molar-refractivity contribution in [3.05, 3.63) is 42.6 Å². The van der Waals surface area contributed by atoms with Crippen LogP contribution in [-0.4, -0.2) is 20.9 Å². The first-order valence-electron chi connectivity index (χ1n) is 5.49. The maximum Gasteiger partial charge on any atom is 0.305 e. The summed E-state index contributed by atoms with van der Waals surface area (Å²) in [4.78, 5) is 10.6. The highest BCUT2D eigenvalue weighted by atomic mass is 16.4. The molecular formula is C13H14N2O2. The van der Waals surface area contributed by atoms with Crippen LogP contribution in [0.3, 0.4) is 0 Å². The Morgan fingerprint density at radius 1 is 1.35 bits per heavy atom. The van der Waals surface area contributed by atoms with Crippen LogP contribution in [0.1, 0.15) is 19.4 Å². The van der Waals surface area contributed by atoms with Crippen LogP contribution in [0.4, 0.5) is 0 Å². The highest BCUT2D eigenvalue weighted by molar-refractivity contribution is 5.67. The van der Waals surface area contributed by atoms with Crippen molar-refractivity contribution in [2.45, 2.75) is 19.4 Å². The van der Waals surface area contributed by atoms with Crippen molar-refractivity contribution in [2.75, 3.05) is 0 Å². The van der Waals surface area contributed by atoms with Crippen molar-refractivity contribution >= 4 is 5.97 Å². The van der Waals surface area contributed by atoms with Gasteiger partial charge in [0, 0.05) is 11.8 Å². The Kier molecular flexibility index (Phi) is 3.23. The third-order valence-electron chi connectivity index (χ3n) is 2.60. The largest absolute Gasteiger partial charge is 0.481 e. The first-order valence-corrected chi connectivity index (χ1v) is 5.49. The highest BCUT2D eigenvalue weighted by Gasteiger charge is 2.11. The lowest BCUT2D eigenvalue weighted by molar-refractivity contribution is -0.137. The van der Waals surface area contributed by atoms with Crippen molar-refractivity contribution < 1.29 is 9.90 Å². The minimum atomic E-state index is -0.811. The van der Waals surface area contributed by atoms with Gasteiger partial charge in [0.25, 0.3) is 0 Å². The number of carboxylic acids is 1. The smallest absolute Gasteiger partial charge is 0.305 e. The van der Waals surface area contributed by atoms with Crippen LogP contribution < -0.4 is 0 Å². The Morgan fingerprint density at radius 3 is 2.71 bits per heavy atom. The van der Waals surface area contributed by atoms with Crippen LogP contribution in [0.5, 0.6) is 0 Å². The SMILES string of the molecule is C[C@@H](CC(=O)O)n1ccc(-c2ccccc2)n1. The molecule has 0 fully saturated rings. The zero-order chi connectivity index (χ0) is 12.3. The molecule has 0 radical (unpaired) electrons. The molecule has 1 aromatic carbocycles. The summed E-state index contributed by atoms with van der Waals surface area (Å²) in [6.07, 6.45) is 1.89. The molecule has 0 amide bonds. The number of hydrogen-bond acceptors (Lipinski definition) is 2. The van der Waals surface area contributed by atoms with Crippen molar-refractivity contribution in [1.29, 1.82) is 0 Å². The standard InChI is InChI=1S/C13H14N2O2/c1-10(9-13(16)17)15-8-7-12(14-15)11-5-3-2-4-6-11/h2-8,10H,9H2,1H3,(H,16,17)/t10-/m0/s1. The zero-order valence-electron chi connectivity index (χ0n) is 9.58. The molecule has 4 heteroatoms. The molecule has 1 aromatic heterocycles. The Labute approximate surface area is 99.5 Å². The summed E-state index contributed by atoms with van der Waals surface area (Å²) in [7, 11) is 0. The van der Waals surface area contributed by atoms with Gasteiger partial charge in [-0.2, -0.15) is 5.10 Å². The topological polar surface area (TPSA) is 55.1 Å². The molecule has 0 aliphatic heterocycles. The van der Waals surface area contributed by atoms with E-state index < -0.39 is 5.97 Å². The van der Waals surface area contributed by atoms with E-state index in [0.29, 0.717) is 0 Å². The molecule has 4 nitrogen and oxygen atoms in total. The monoisotopic (exact) mass is 230 g/mol. The number of carboxylic acid groups (broad SMARTS) is 1. The average molecular weight is 230 g/mol. The van der Waals surface area contributed by atoms with Crippen LogP contribution in [0.2, 0.25) is 0 Å². The summed E-state index contributed by atoms with van der Waals surface area (Å²) in [6.45, 7) is 1.84. The lowest BCUT2D eigenvalue weighted by Crippen LogP contribution is -2.10. The summed E-state index contributed by atoms with van der Waals surface area (Å²) < 4.78 is 1.69. The fourth-order valence-corrected chi connectivity index (χ4v) is 1.69. The number of nitrogens with zero attached hydrogens (tertiary/aromatic N) is 2. The van der Waals surface area contributed by atoms with E-state index in [2.05, 4.69) is 5.10 Å². The van der Waals surface area contributed by atoms with Gasteiger partial charge in [-0.3, -0.25) is 9.48 Å². The fraction of sp³-hybridized carbons (Fsp3) is 0.231. The Hall–Kier alpha value is -2.10.